The van der Waals surface area contributed by atoms with E-state index >= 15 is 0 Å². The average molecular weight is 361 g/mol. The number of ether oxygens (including phenoxy) is 2. The van der Waals surface area contributed by atoms with Crippen LogP contribution in [0, 0.1) is 5.82 Å². The van der Waals surface area contributed by atoms with Crippen LogP contribution < -0.4 is 14.8 Å². The van der Waals surface area contributed by atoms with Gasteiger partial charge in [0.25, 0.3) is 0 Å². The van der Waals surface area contributed by atoms with Crippen LogP contribution in [-0.4, -0.2) is 30.2 Å². The molecule has 0 saturated heterocycles. The van der Waals surface area contributed by atoms with E-state index in [-0.39, 0.29) is 23.6 Å². The lowest BCUT2D eigenvalue weighted by molar-refractivity contribution is -0.116. The minimum atomic E-state index is -1.23. The number of amides is 1. The van der Waals surface area contributed by atoms with Crippen LogP contribution in [0.25, 0.3) is 0 Å². The van der Waals surface area contributed by atoms with Crippen LogP contribution in [0.5, 0.6) is 11.5 Å². The zero-order valence-electron chi connectivity index (χ0n) is 14.3. The van der Waals surface area contributed by atoms with Crippen LogP contribution >= 0.6 is 0 Å². The van der Waals surface area contributed by atoms with Gasteiger partial charge in [0, 0.05) is 6.42 Å². The third-order valence-corrected chi connectivity index (χ3v) is 3.44. The summed E-state index contributed by atoms with van der Waals surface area (Å²) >= 11 is 0. The number of rotatable bonds is 9. The fraction of sp³-hybridized carbons (Fsp3) is 0.263. The first-order valence-electron chi connectivity index (χ1n) is 8.18. The second-order valence-electron chi connectivity index (χ2n) is 5.40. The molecule has 0 atom stereocenters. The van der Waals surface area contributed by atoms with Crippen molar-refractivity contribution in [3.63, 3.8) is 0 Å². The van der Waals surface area contributed by atoms with Gasteiger partial charge >= 0.3 is 5.97 Å². The van der Waals surface area contributed by atoms with Crippen LogP contribution in [0.15, 0.2) is 42.5 Å². The molecule has 2 aromatic rings. The normalized spacial score (nSPS) is 10.2. The van der Waals surface area contributed by atoms with E-state index in [1.54, 1.807) is 24.3 Å². The van der Waals surface area contributed by atoms with Gasteiger partial charge in [-0.2, -0.15) is 0 Å². The maximum absolute atomic E-state index is 13.8. The smallest absolute Gasteiger partial charge is 0.335 e. The lowest BCUT2D eigenvalue weighted by atomic mass is 10.2. The number of anilines is 1. The Bertz CT molecular complexity index is 761. The van der Waals surface area contributed by atoms with E-state index in [9.17, 15) is 14.0 Å². The summed E-state index contributed by atoms with van der Waals surface area (Å²) in [7, 11) is 0. The predicted molar refractivity (Wildman–Crippen MR) is 94.3 cm³/mol. The number of nitrogens with one attached hydrogen (secondary N) is 1. The molecule has 0 heterocycles. The van der Waals surface area contributed by atoms with Crippen molar-refractivity contribution in [2.45, 2.75) is 19.8 Å². The fourth-order valence-electron chi connectivity index (χ4n) is 2.18. The predicted octanol–water partition coefficient (Wildman–Crippen LogP) is 3.72. The molecule has 2 rings (SSSR count). The number of aromatic carboxylic acids is 1. The Morgan fingerprint density at radius 2 is 1.73 bits per heavy atom. The van der Waals surface area contributed by atoms with Crippen molar-refractivity contribution in [3.05, 3.63) is 53.8 Å². The highest BCUT2D eigenvalue weighted by molar-refractivity contribution is 5.92. The van der Waals surface area contributed by atoms with Crippen LogP contribution in [0.2, 0.25) is 0 Å². The van der Waals surface area contributed by atoms with Crippen molar-refractivity contribution in [2.75, 3.05) is 18.5 Å². The Kier molecular flexibility index (Phi) is 6.96. The molecule has 6 nitrogen and oxygen atoms in total. The maximum Gasteiger partial charge on any atom is 0.335 e. The first kappa shape index (κ1) is 19.2. The largest absolute Gasteiger partial charge is 0.494 e. The summed E-state index contributed by atoms with van der Waals surface area (Å²) < 4.78 is 24.6. The fourth-order valence-corrected chi connectivity index (χ4v) is 2.18. The molecule has 0 unspecified atom stereocenters. The van der Waals surface area contributed by atoms with Gasteiger partial charge in [-0.1, -0.05) is 0 Å². The summed E-state index contributed by atoms with van der Waals surface area (Å²) in [5.41, 5.74) is -0.225. The summed E-state index contributed by atoms with van der Waals surface area (Å²) in [6, 6.07) is 10.5. The molecule has 0 aliphatic heterocycles. The molecule has 0 spiro atoms. The molecule has 1 amide bonds. The van der Waals surface area contributed by atoms with Crippen LogP contribution in [0.3, 0.4) is 0 Å². The van der Waals surface area contributed by atoms with Crippen molar-refractivity contribution in [1.29, 1.82) is 0 Å². The summed E-state index contributed by atoms with van der Waals surface area (Å²) in [5.74, 6) is -0.960. The van der Waals surface area contributed by atoms with Gasteiger partial charge < -0.3 is 19.9 Å². The Labute approximate surface area is 150 Å². The molecule has 7 heteroatoms. The van der Waals surface area contributed by atoms with Gasteiger partial charge in [-0.05, 0) is 55.8 Å². The molecular weight excluding hydrogens is 341 g/mol. The number of carboxylic acids is 1. The molecular formula is C19H20FNO5. The van der Waals surface area contributed by atoms with Crippen LogP contribution in [-0.2, 0) is 4.79 Å². The van der Waals surface area contributed by atoms with Crippen LogP contribution in [0.4, 0.5) is 10.1 Å². The minimum Gasteiger partial charge on any atom is -0.494 e. The third kappa shape index (κ3) is 5.77. The molecule has 26 heavy (non-hydrogen) atoms. The number of hydrogen-bond donors (Lipinski definition) is 2. The zero-order chi connectivity index (χ0) is 18.9. The Balaban J connectivity index is 1.74. The SMILES string of the molecule is CCOc1ccc(OCCCC(=O)Nc2ccc(C(=O)O)cc2F)cc1. The number of carbonyl (C=O) groups is 2. The van der Waals surface area contributed by atoms with Gasteiger partial charge in [0.05, 0.1) is 24.5 Å². The molecule has 0 saturated carbocycles. The second kappa shape index (κ2) is 9.41. The maximum atomic E-state index is 13.8. The van der Waals surface area contributed by atoms with E-state index in [1.165, 1.54) is 12.1 Å². The minimum absolute atomic E-state index is 0.0487. The first-order chi connectivity index (χ1) is 12.5. The number of carboxylic acid groups (broad SMARTS) is 1. The Morgan fingerprint density at radius 3 is 2.31 bits per heavy atom. The molecule has 0 aromatic heterocycles. The van der Waals surface area contributed by atoms with Crippen molar-refractivity contribution < 1.29 is 28.6 Å². The van der Waals surface area contributed by atoms with E-state index < -0.39 is 11.8 Å². The molecule has 0 fully saturated rings. The van der Waals surface area contributed by atoms with Crippen molar-refractivity contribution in [2.24, 2.45) is 0 Å². The van der Waals surface area contributed by atoms with Gasteiger partial charge in [0.1, 0.15) is 17.3 Å². The topological polar surface area (TPSA) is 84.9 Å². The summed E-state index contributed by atoms with van der Waals surface area (Å²) in [6.07, 6.45) is 0.602. The highest BCUT2D eigenvalue weighted by atomic mass is 19.1. The monoisotopic (exact) mass is 361 g/mol. The van der Waals surface area contributed by atoms with Crippen molar-refractivity contribution in [1.82, 2.24) is 0 Å². The summed E-state index contributed by atoms with van der Waals surface area (Å²) in [4.78, 5) is 22.6. The molecule has 0 radical (unpaired) electrons. The number of hydrogen-bond acceptors (Lipinski definition) is 4. The number of carbonyl (C=O) groups excluding carboxylic acids is 1. The van der Waals surface area contributed by atoms with E-state index in [0.29, 0.717) is 25.4 Å². The zero-order valence-corrected chi connectivity index (χ0v) is 14.3. The van der Waals surface area contributed by atoms with Gasteiger partial charge in [-0.15, -0.1) is 0 Å². The standard InChI is InChI=1S/C19H20FNO5/c1-2-25-14-6-8-15(9-7-14)26-11-3-4-18(22)21-17-10-5-13(19(23)24)12-16(17)20/h5-10,12H,2-4,11H2,1H3,(H,21,22)(H,23,24). The Morgan fingerprint density at radius 1 is 1.08 bits per heavy atom. The molecule has 2 N–H and O–H groups in total. The average Bonchev–Trinajstić information content (AvgIpc) is 2.62. The molecule has 0 aliphatic rings. The van der Waals surface area contributed by atoms with Gasteiger partial charge in [0.2, 0.25) is 5.91 Å². The number of halogens is 1. The van der Waals surface area contributed by atoms with Gasteiger partial charge in [-0.3, -0.25) is 4.79 Å². The van der Waals surface area contributed by atoms with E-state index in [1.807, 2.05) is 6.92 Å². The molecule has 0 aliphatic carbocycles. The quantitative estimate of drug-likeness (QED) is 0.665. The third-order valence-electron chi connectivity index (χ3n) is 3.44. The lowest BCUT2D eigenvalue weighted by Gasteiger charge is -2.09. The number of benzene rings is 2. The summed E-state index contributed by atoms with van der Waals surface area (Å²) in [5, 5.41) is 11.2. The highest BCUT2D eigenvalue weighted by Crippen LogP contribution is 2.18. The van der Waals surface area contributed by atoms with E-state index in [4.69, 9.17) is 14.6 Å². The van der Waals surface area contributed by atoms with E-state index in [0.717, 1.165) is 11.8 Å². The highest BCUT2D eigenvalue weighted by Gasteiger charge is 2.10. The van der Waals surface area contributed by atoms with Crippen LogP contribution in [0.1, 0.15) is 30.1 Å². The first-order valence-corrected chi connectivity index (χ1v) is 8.18. The lowest BCUT2D eigenvalue weighted by Crippen LogP contribution is -2.14. The Hall–Kier alpha value is -3.09. The van der Waals surface area contributed by atoms with Gasteiger partial charge in [0.15, 0.2) is 0 Å². The van der Waals surface area contributed by atoms with Crippen molar-refractivity contribution >= 4 is 17.6 Å². The van der Waals surface area contributed by atoms with Crippen molar-refractivity contribution in [3.8, 4) is 11.5 Å². The second-order valence-corrected chi connectivity index (χ2v) is 5.40. The molecule has 0 bridgehead atoms. The van der Waals surface area contributed by atoms with E-state index in [2.05, 4.69) is 5.32 Å². The molecule has 138 valence electrons. The van der Waals surface area contributed by atoms with Gasteiger partial charge in [-0.25, -0.2) is 9.18 Å². The summed E-state index contributed by atoms with van der Waals surface area (Å²) in [6.45, 7) is 2.83. The molecule has 2 aromatic carbocycles.